The molecule has 1 heterocycles. The topological polar surface area (TPSA) is 49.4 Å². The van der Waals surface area contributed by atoms with E-state index < -0.39 is 0 Å². The van der Waals surface area contributed by atoms with Crippen LogP contribution in [0, 0.1) is 5.92 Å². The minimum Gasteiger partial charge on any atom is -0.378 e. The average Bonchev–Trinajstić information content (AvgIpc) is 3.88. The molecule has 4 aromatic carbocycles. The van der Waals surface area contributed by atoms with Gasteiger partial charge in [0.25, 0.3) is 0 Å². The summed E-state index contributed by atoms with van der Waals surface area (Å²) in [6.07, 6.45) is 6.27. The highest BCUT2D eigenvalue weighted by Gasteiger charge is 2.55. The van der Waals surface area contributed by atoms with Gasteiger partial charge in [-0.2, -0.15) is 0 Å². The number of rotatable bonds is 1. The predicted octanol–water partition coefficient (Wildman–Crippen LogP) is 5.16. The van der Waals surface area contributed by atoms with E-state index in [0.717, 1.165) is 19.5 Å². The van der Waals surface area contributed by atoms with E-state index in [4.69, 9.17) is 23.7 Å². The summed E-state index contributed by atoms with van der Waals surface area (Å²) in [6, 6.07) is 15.0. The smallest absolute Gasteiger partial charge is 0.0701 e. The lowest BCUT2D eigenvalue weighted by molar-refractivity contribution is -0.0203. The first-order valence-corrected chi connectivity index (χ1v) is 18.7. The molecule has 8 aliphatic carbocycles. The SMILES string of the molecule is C1=C2C3=C4C5=c6c(ccc7cc8c9c(c67)C5C5=C3c3c(ccc6cc(c-9c5c36)C8)C2N2CCOCCOCCOCCOCCOCC2)=CC14. The fourth-order valence-corrected chi connectivity index (χ4v) is 11.5. The van der Waals surface area contributed by atoms with Crippen molar-refractivity contribution in [3.05, 3.63) is 103 Å². The van der Waals surface area contributed by atoms with Crippen molar-refractivity contribution in [2.24, 2.45) is 5.92 Å². The molecule has 0 saturated carbocycles. The summed E-state index contributed by atoms with van der Waals surface area (Å²) >= 11 is 0. The van der Waals surface area contributed by atoms with Gasteiger partial charge in [0.1, 0.15) is 0 Å². The van der Waals surface area contributed by atoms with Gasteiger partial charge in [-0.1, -0.05) is 48.6 Å². The Balaban J connectivity index is 1.01. The highest BCUT2D eigenvalue weighted by atomic mass is 16.6. The normalized spacial score (nSPS) is 27.2. The van der Waals surface area contributed by atoms with E-state index in [1.807, 2.05) is 0 Å². The van der Waals surface area contributed by atoms with Crippen molar-refractivity contribution in [3.63, 3.8) is 0 Å². The molecule has 6 nitrogen and oxygen atoms in total. The quantitative estimate of drug-likeness (QED) is 0.248. The fourth-order valence-electron chi connectivity index (χ4n) is 11.5. The molecule has 0 amide bonds. The van der Waals surface area contributed by atoms with Crippen LogP contribution in [0.1, 0.15) is 45.3 Å². The van der Waals surface area contributed by atoms with Gasteiger partial charge in [-0.05, 0) is 116 Å². The van der Waals surface area contributed by atoms with Crippen LogP contribution in [-0.4, -0.2) is 84.1 Å². The molecule has 1 fully saturated rings. The molecule has 0 aromatic heterocycles. The van der Waals surface area contributed by atoms with Crippen LogP contribution in [0.3, 0.4) is 0 Å². The maximum absolute atomic E-state index is 6.22. The summed E-state index contributed by atoms with van der Waals surface area (Å²) in [5, 5.41) is 8.86. The monoisotopic (exact) mass is 659 g/mol. The Morgan fingerprint density at radius 3 is 1.96 bits per heavy atom. The standard InChI is InChI=1S/C44H37NO5/c1-2-23-19-27-21-29-37-35(27)39-31(23)30-22(1)17-25-20-26-18-24-3-4-28(36-32(24)40-34(26)33(25)38(30)42(39)43(40)41(36)37)44(29)45-5-7-46-9-11-48-13-15-50-16-14-49-12-10-47-8-6-45/h1-4,17-19,21,27,42,44H,5-16,20H2. The maximum Gasteiger partial charge on any atom is 0.0701 e. The number of allylic oxidation sites excluding steroid dienone is 4. The number of ether oxygens (including phenoxy) is 5. The maximum atomic E-state index is 6.22. The Labute approximate surface area is 289 Å². The zero-order valence-electron chi connectivity index (χ0n) is 28.0. The van der Waals surface area contributed by atoms with Crippen molar-refractivity contribution in [2.45, 2.75) is 18.4 Å². The van der Waals surface area contributed by atoms with E-state index >= 15 is 0 Å². The fraction of sp³-hybridized carbons (Fsp3) is 0.364. The average molecular weight is 660 g/mol. The van der Waals surface area contributed by atoms with Gasteiger partial charge < -0.3 is 23.7 Å². The van der Waals surface area contributed by atoms with E-state index in [-0.39, 0.29) is 6.04 Å². The van der Waals surface area contributed by atoms with Crippen LogP contribution in [0.2, 0.25) is 0 Å². The first kappa shape index (κ1) is 27.8. The Bertz CT molecular complexity index is 2520. The third kappa shape index (κ3) is 3.28. The Kier molecular flexibility index (Phi) is 5.51. The van der Waals surface area contributed by atoms with Crippen molar-refractivity contribution in [3.8, 4) is 11.1 Å². The third-order valence-electron chi connectivity index (χ3n) is 13.1. The molecule has 0 N–H and O–H groups in total. The van der Waals surface area contributed by atoms with Crippen molar-refractivity contribution < 1.29 is 23.7 Å². The van der Waals surface area contributed by atoms with E-state index in [1.165, 1.54) is 59.8 Å². The van der Waals surface area contributed by atoms with Gasteiger partial charge in [0.2, 0.25) is 0 Å². The van der Waals surface area contributed by atoms with Gasteiger partial charge >= 0.3 is 0 Å². The second kappa shape index (κ2) is 9.91. The molecule has 1 saturated heterocycles. The van der Waals surface area contributed by atoms with E-state index in [0.29, 0.717) is 77.9 Å². The van der Waals surface area contributed by atoms with Gasteiger partial charge in [0.05, 0.1) is 72.1 Å². The van der Waals surface area contributed by atoms with Crippen LogP contribution in [0.25, 0.3) is 55.5 Å². The highest BCUT2D eigenvalue weighted by molar-refractivity contribution is 6.31. The summed E-state index contributed by atoms with van der Waals surface area (Å²) in [7, 11) is 0. The summed E-state index contributed by atoms with van der Waals surface area (Å²) in [4.78, 5) is 2.65. The van der Waals surface area contributed by atoms with Crippen LogP contribution in [0.5, 0.6) is 0 Å². The van der Waals surface area contributed by atoms with E-state index in [2.05, 4.69) is 53.5 Å². The molecule has 1 aliphatic heterocycles. The van der Waals surface area contributed by atoms with Crippen molar-refractivity contribution in [1.82, 2.24) is 4.90 Å². The van der Waals surface area contributed by atoms with Crippen LogP contribution < -0.4 is 10.4 Å². The Hall–Kier alpha value is -3.88. The Morgan fingerprint density at radius 2 is 1.22 bits per heavy atom. The molecule has 50 heavy (non-hydrogen) atoms. The Morgan fingerprint density at radius 1 is 0.560 bits per heavy atom. The third-order valence-corrected chi connectivity index (χ3v) is 13.1. The summed E-state index contributed by atoms with van der Waals surface area (Å²) < 4.78 is 29.6. The number of hydrogen-bond acceptors (Lipinski definition) is 6. The molecular formula is C44H37NO5. The van der Waals surface area contributed by atoms with Gasteiger partial charge in [0, 0.05) is 24.9 Å². The minimum atomic E-state index is 0.135. The van der Waals surface area contributed by atoms with Gasteiger partial charge in [0.15, 0.2) is 0 Å². The second-order valence-corrected chi connectivity index (χ2v) is 15.3. The van der Waals surface area contributed by atoms with Gasteiger partial charge in [-0.25, -0.2) is 0 Å². The van der Waals surface area contributed by atoms with Crippen LogP contribution in [0.15, 0.2) is 59.2 Å². The summed E-state index contributed by atoms with van der Waals surface area (Å²) in [6.45, 7) is 7.51. The lowest BCUT2D eigenvalue weighted by atomic mass is 9.65. The molecule has 4 aromatic rings. The predicted molar refractivity (Wildman–Crippen MR) is 193 cm³/mol. The molecule has 248 valence electrons. The molecule has 0 bridgehead atoms. The van der Waals surface area contributed by atoms with Crippen molar-refractivity contribution >= 4 is 44.3 Å². The van der Waals surface area contributed by atoms with Crippen molar-refractivity contribution in [1.29, 1.82) is 0 Å². The number of nitrogens with zero attached hydrogens (tertiary/aromatic N) is 1. The minimum absolute atomic E-state index is 0.135. The molecule has 0 spiro atoms. The van der Waals surface area contributed by atoms with E-state index in [9.17, 15) is 0 Å². The molecule has 0 radical (unpaired) electrons. The molecule has 9 aliphatic rings. The van der Waals surface area contributed by atoms with E-state index in [1.54, 1.807) is 50.1 Å². The van der Waals surface area contributed by atoms with Crippen LogP contribution >= 0.6 is 0 Å². The number of hydrogen-bond donors (Lipinski definition) is 0. The van der Waals surface area contributed by atoms with Gasteiger partial charge in [-0.15, -0.1) is 0 Å². The van der Waals surface area contributed by atoms with Gasteiger partial charge in [-0.3, -0.25) is 4.90 Å². The molecule has 6 heteroatoms. The first-order chi connectivity index (χ1) is 24.9. The molecule has 3 unspecified atom stereocenters. The largest absolute Gasteiger partial charge is 0.378 e. The lowest BCUT2D eigenvalue weighted by Gasteiger charge is -2.41. The summed E-state index contributed by atoms with van der Waals surface area (Å²) in [5.74, 6) is 0.659. The molecular weight excluding hydrogens is 622 g/mol. The summed E-state index contributed by atoms with van der Waals surface area (Å²) in [5.41, 5.74) is 21.8. The second-order valence-electron chi connectivity index (χ2n) is 15.3. The number of benzene rings is 4. The lowest BCUT2D eigenvalue weighted by Crippen LogP contribution is -2.38. The molecule has 13 rings (SSSR count). The van der Waals surface area contributed by atoms with Crippen LogP contribution in [0.4, 0.5) is 0 Å². The highest BCUT2D eigenvalue weighted by Crippen LogP contribution is 2.72. The van der Waals surface area contributed by atoms with Crippen molar-refractivity contribution in [2.75, 3.05) is 79.2 Å². The zero-order chi connectivity index (χ0) is 32.2. The zero-order valence-corrected chi connectivity index (χ0v) is 28.0. The molecule has 3 atom stereocenters. The van der Waals surface area contributed by atoms with Crippen LogP contribution in [-0.2, 0) is 30.1 Å². The first-order valence-electron chi connectivity index (χ1n) is 18.7.